The van der Waals surface area contributed by atoms with Gasteiger partial charge in [0.25, 0.3) is 0 Å². The third-order valence-corrected chi connectivity index (χ3v) is 6.64. The van der Waals surface area contributed by atoms with Gasteiger partial charge in [-0.3, -0.25) is 4.79 Å². The van der Waals surface area contributed by atoms with Crippen LogP contribution in [0.1, 0.15) is 82.1 Å². The molecule has 2 aromatic rings. The van der Waals surface area contributed by atoms with E-state index in [9.17, 15) is 9.59 Å². The van der Waals surface area contributed by atoms with Crippen molar-refractivity contribution in [3.63, 3.8) is 0 Å². The number of unbranched alkanes of at least 4 members (excludes halogenated alkanes) is 3. The van der Waals surface area contributed by atoms with Crippen LogP contribution in [0, 0.1) is 17.8 Å². The quantitative estimate of drug-likeness (QED) is 0.159. The highest BCUT2D eigenvalue weighted by Crippen LogP contribution is 2.35. The third kappa shape index (κ3) is 7.06. The molecule has 0 spiro atoms. The largest absolute Gasteiger partial charge is 0.494 e. The molecule has 1 fully saturated rings. The Bertz CT molecular complexity index is 970. The first-order valence-corrected chi connectivity index (χ1v) is 12.7. The van der Waals surface area contributed by atoms with Crippen LogP contribution in [0.2, 0.25) is 0 Å². The molecule has 4 heteroatoms. The lowest BCUT2D eigenvalue weighted by Crippen LogP contribution is -2.30. The summed E-state index contributed by atoms with van der Waals surface area (Å²) in [6, 6.07) is 14.4. The van der Waals surface area contributed by atoms with Gasteiger partial charge in [0.2, 0.25) is 0 Å². The van der Waals surface area contributed by atoms with Crippen molar-refractivity contribution in [2.24, 2.45) is 17.8 Å². The first-order valence-electron chi connectivity index (χ1n) is 12.7. The van der Waals surface area contributed by atoms with Crippen molar-refractivity contribution in [1.29, 1.82) is 0 Å². The Hall–Kier alpha value is -2.88. The first kappa shape index (κ1) is 25.7. The second-order valence-electron chi connectivity index (χ2n) is 9.68. The monoisotopic (exact) mass is 462 g/mol. The number of ether oxygens (including phenoxy) is 2. The van der Waals surface area contributed by atoms with Crippen LogP contribution in [0.15, 0.2) is 54.1 Å². The van der Waals surface area contributed by atoms with Crippen LogP contribution >= 0.6 is 0 Å². The highest BCUT2D eigenvalue weighted by atomic mass is 16.5. The molecule has 0 N–H and O–H groups in total. The zero-order valence-electron chi connectivity index (χ0n) is 21.0. The predicted octanol–water partition coefficient (Wildman–Crippen LogP) is 7.52. The van der Waals surface area contributed by atoms with Crippen LogP contribution in [0.3, 0.4) is 0 Å². The summed E-state index contributed by atoms with van der Waals surface area (Å²) in [4.78, 5) is 25.5. The smallest absolute Gasteiger partial charge is 0.343 e. The third-order valence-electron chi connectivity index (χ3n) is 6.64. The number of carbonyl (C=O) groups excluding carboxylic acids is 2. The number of hydrogen-bond donors (Lipinski definition) is 0. The maximum atomic E-state index is 12.9. The molecule has 1 aliphatic carbocycles. The zero-order chi connectivity index (χ0) is 24.5. The minimum Gasteiger partial charge on any atom is -0.494 e. The van der Waals surface area contributed by atoms with Crippen molar-refractivity contribution in [3.8, 4) is 11.5 Å². The Morgan fingerprint density at radius 1 is 0.971 bits per heavy atom. The van der Waals surface area contributed by atoms with Crippen molar-refractivity contribution < 1.29 is 19.1 Å². The first-order chi connectivity index (χ1) is 16.4. The van der Waals surface area contributed by atoms with Gasteiger partial charge in [-0.25, -0.2) is 4.79 Å². The molecular weight excluding hydrogens is 424 g/mol. The predicted molar refractivity (Wildman–Crippen MR) is 137 cm³/mol. The number of carbonyl (C=O) groups is 2. The number of hydrogen-bond acceptors (Lipinski definition) is 4. The highest BCUT2D eigenvalue weighted by molar-refractivity contribution is 6.02. The molecule has 0 unspecified atom stereocenters. The molecular formula is C30H38O4. The van der Waals surface area contributed by atoms with E-state index in [1.165, 1.54) is 19.3 Å². The molecule has 3 rings (SSSR count). The molecule has 0 amide bonds. The normalized spacial score (nSPS) is 19.4. The summed E-state index contributed by atoms with van der Waals surface area (Å²) in [6.45, 7) is 9.24. The topological polar surface area (TPSA) is 52.6 Å². The molecule has 0 bridgehead atoms. The van der Waals surface area contributed by atoms with E-state index in [0.717, 1.165) is 36.1 Å². The summed E-state index contributed by atoms with van der Waals surface area (Å²) in [5.74, 6) is 1.85. The van der Waals surface area contributed by atoms with E-state index < -0.39 is 5.97 Å². The number of Topliss-reactive ketones (excluding diaryl/α,β-unsaturated/α-hetero) is 1. The summed E-state index contributed by atoms with van der Waals surface area (Å²) < 4.78 is 11.3. The van der Waals surface area contributed by atoms with Crippen LogP contribution in [0.25, 0.3) is 6.08 Å². The molecule has 34 heavy (non-hydrogen) atoms. The van der Waals surface area contributed by atoms with Gasteiger partial charge in [0.05, 0.1) is 12.2 Å². The summed E-state index contributed by atoms with van der Waals surface area (Å²) >= 11 is 0. The Kier molecular flexibility index (Phi) is 9.50. The highest BCUT2D eigenvalue weighted by Gasteiger charge is 2.32. The Morgan fingerprint density at radius 2 is 1.65 bits per heavy atom. The van der Waals surface area contributed by atoms with Gasteiger partial charge < -0.3 is 9.47 Å². The van der Waals surface area contributed by atoms with Gasteiger partial charge in [0.1, 0.15) is 11.5 Å². The van der Waals surface area contributed by atoms with Crippen molar-refractivity contribution in [1.82, 2.24) is 0 Å². The van der Waals surface area contributed by atoms with Gasteiger partial charge >= 0.3 is 5.97 Å². The number of esters is 1. The number of allylic oxidation sites excluding steroid dienone is 1. The fourth-order valence-electron chi connectivity index (χ4n) is 4.41. The Balaban J connectivity index is 1.57. The summed E-state index contributed by atoms with van der Waals surface area (Å²) in [5.41, 5.74) is 2.33. The van der Waals surface area contributed by atoms with Crippen molar-refractivity contribution in [2.45, 2.75) is 66.2 Å². The molecule has 0 heterocycles. The van der Waals surface area contributed by atoms with Crippen LogP contribution < -0.4 is 9.47 Å². The minimum absolute atomic E-state index is 0.112. The van der Waals surface area contributed by atoms with Crippen LogP contribution in [-0.4, -0.2) is 18.4 Å². The van der Waals surface area contributed by atoms with Crippen molar-refractivity contribution in [2.75, 3.05) is 6.61 Å². The number of ketones is 1. The number of benzene rings is 2. The standard InChI is InChI=1S/C30H38O4/c1-5-6-7-8-19-33-25-16-12-24(13-17-25)30(32)34-26-14-10-23(11-15-26)20-28-22(4)9-18-27(21(2)3)29(28)31/h10-17,20-22,27H,5-9,18-19H2,1-4H3/b28-20-/t22-,27-/m1/s1. The molecule has 0 radical (unpaired) electrons. The average molecular weight is 463 g/mol. The molecule has 0 aliphatic heterocycles. The minimum atomic E-state index is -0.406. The fraction of sp³-hybridized carbons (Fsp3) is 0.467. The van der Waals surface area contributed by atoms with Crippen LogP contribution in [0.5, 0.6) is 11.5 Å². The van der Waals surface area contributed by atoms with E-state index in [-0.39, 0.29) is 17.6 Å². The maximum absolute atomic E-state index is 12.9. The van der Waals surface area contributed by atoms with E-state index in [0.29, 0.717) is 23.8 Å². The van der Waals surface area contributed by atoms with E-state index in [1.807, 2.05) is 18.2 Å². The van der Waals surface area contributed by atoms with Crippen LogP contribution in [0.4, 0.5) is 0 Å². The summed E-state index contributed by atoms with van der Waals surface area (Å²) in [6.07, 6.45) is 8.64. The molecule has 0 saturated heterocycles. The lowest BCUT2D eigenvalue weighted by atomic mass is 9.73. The van der Waals surface area contributed by atoms with Gasteiger partial charge in [0, 0.05) is 5.92 Å². The fourth-order valence-corrected chi connectivity index (χ4v) is 4.41. The average Bonchev–Trinajstić information content (AvgIpc) is 2.83. The summed E-state index contributed by atoms with van der Waals surface area (Å²) in [7, 11) is 0. The van der Waals surface area contributed by atoms with Crippen molar-refractivity contribution in [3.05, 3.63) is 65.2 Å². The van der Waals surface area contributed by atoms with E-state index in [4.69, 9.17) is 9.47 Å². The van der Waals surface area contributed by atoms with Gasteiger partial charge in [-0.2, -0.15) is 0 Å². The molecule has 2 atom stereocenters. The number of rotatable bonds is 10. The second-order valence-corrected chi connectivity index (χ2v) is 9.68. The molecule has 1 saturated carbocycles. The van der Waals surface area contributed by atoms with Gasteiger partial charge in [-0.05, 0) is 84.7 Å². The van der Waals surface area contributed by atoms with Gasteiger partial charge in [-0.15, -0.1) is 0 Å². The van der Waals surface area contributed by atoms with Crippen LogP contribution in [-0.2, 0) is 4.79 Å². The molecule has 4 nitrogen and oxygen atoms in total. The lowest BCUT2D eigenvalue weighted by Gasteiger charge is -2.30. The van der Waals surface area contributed by atoms with E-state index in [2.05, 4.69) is 27.7 Å². The molecule has 182 valence electrons. The SMILES string of the molecule is CCCCCCOc1ccc(C(=O)Oc2ccc(/C=C3\C(=O)[C@@H](C(C)C)CC[C@H]3C)cc2)cc1. The van der Waals surface area contributed by atoms with E-state index in [1.54, 1.807) is 36.4 Å². The Labute approximate surface area is 204 Å². The molecule has 1 aliphatic rings. The molecule has 2 aromatic carbocycles. The Morgan fingerprint density at radius 3 is 2.29 bits per heavy atom. The maximum Gasteiger partial charge on any atom is 0.343 e. The summed E-state index contributed by atoms with van der Waals surface area (Å²) in [5, 5.41) is 0. The van der Waals surface area contributed by atoms with E-state index >= 15 is 0 Å². The van der Waals surface area contributed by atoms with Crippen molar-refractivity contribution >= 4 is 17.8 Å². The second kappa shape index (κ2) is 12.5. The zero-order valence-corrected chi connectivity index (χ0v) is 21.0. The van der Waals surface area contributed by atoms with Gasteiger partial charge in [-0.1, -0.05) is 59.1 Å². The molecule has 0 aromatic heterocycles. The lowest BCUT2D eigenvalue weighted by molar-refractivity contribution is -0.122. The van der Waals surface area contributed by atoms with Gasteiger partial charge in [0.15, 0.2) is 5.78 Å².